The van der Waals surface area contributed by atoms with Crippen LogP contribution in [0.1, 0.15) is 44.8 Å². The summed E-state index contributed by atoms with van der Waals surface area (Å²) in [4.78, 5) is 13.9. The SMILES string of the molecule is CC(C)NC(=O)CCN1CCC(C(O)c2ccc(F)cc2)CC1. The van der Waals surface area contributed by atoms with E-state index in [1.165, 1.54) is 12.1 Å². The third kappa shape index (κ3) is 5.59. The van der Waals surface area contributed by atoms with Gasteiger partial charge in [0.1, 0.15) is 5.82 Å². The number of rotatable bonds is 6. The molecule has 1 aliphatic heterocycles. The smallest absolute Gasteiger partial charge is 0.221 e. The van der Waals surface area contributed by atoms with E-state index in [9.17, 15) is 14.3 Å². The molecule has 1 fully saturated rings. The van der Waals surface area contributed by atoms with Gasteiger partial charge in [0.2, 0.25) is 5.91 Å². The van der Waals surface area contributed by atoms with Gasteiger partial charge < -0.3 is 15.3 Å². The average molecular weight is 322 g/mol. The van der Waals surface area contributed by atoms with Crippen molar-refractivity contribution in [1.29, 1.82) is 0 Å². The molecule has 1 amide bonds. The highest BCUT2D eigenvalue weighted by Crippen LogP contribution is 2.30. The van der Waals surface area contributed by atoms with E-state index >= 15 is 0 Å². The van der Waals surface area contributed by atoms with Gasteiger partial charge in [0.25, 0.3) is 0 Å². The Labute approximate surface area is 137 Å². The van der Waals surface area contributed by atoms with Gasteiger partial charge in [-0.15, -0.1) is 0 Å². The molecule has 0 aliphatic carbocycles. The molecule has 1 aliphatic rings. The van der Waals surface area contributed by atoms with E-state index in [-0.39, 0.29) is 23.7 Å². The number of nitrogens with one attached hydrogen (secondary N) is 1. The predicted octanol–water partition coefficient (Wildman–Crippen LogP) is 2.49. The van der Waals surface area contributed by atoms with Crippen LogP contribution < -0.4 is 5.32 Å². The van der Waals surface area contributed by atoms with Gasteiger partial charge in [-0.05, 0) is 63.4 Å². The second-order valence-corrected chi connectivity index (χ2v) is 6.65. The molecule has 2 rings (SSSR count). The van der Waals surface area contributed by atoms with Gasteiger partial charge in [-0.25, -0.2) is 4.39 Å². The van der Waals surface area contributed by atoms with Crippen LogP contribution in [0.4, 0.5) is 4.39 Å². The molecule has 1 aromatic carbocycles. The van der Waals surface area contributed by atoms with Crippen molar-refractivity contribution in [1.82, 2.24) is 10.2 Å². The normalized spacial score (nSPS) is 18.1. The topological polar surface area (TPSA) is 52.6 Å². The summed E-state index contributed by atoms with van der Waals surface area (Å²) in [6.07, 6.45) is 1.76. The lowest BCUT2D eigenvalue weighted by Crippen LogP contribution is -2.39. The van der Waals surface area contributed by atoms with Crippen LogP contribution in [-0.2, 0) is 4.79 Å². The summed E-state index contributed by atoms with van der Waals surface area (Å²) in [7, 11) is 0. The van der Waals surface area contributed by atoms with Crippen LogP contribution in [0.5, 0.6) is 0 Å². The first-order chi connectivity index (χ1) is 11.0. The number of hydrogen-bond acceptors (Lipinski definition) is 3. The lowest BCUT2D eigenvalue weighted by Gasteiger charge is -2.34. The minimum atomic E-state index is -0.540. The fourth-order valence-electron chi connectivity index (χ4n) is 3.08. The summed E-state index contributed by atoms with van der Waals surface area (Å²) < 4.78 is 13.0. The van der Waals surface area contributed by atoms with Crippen molar-refractivity contribution in [2.24, 2.45) is 5.92 Å². The zero-order valence-electron chi connectivity index (χ0n) is 14.0. The van der Waals surface area contributed by atoms with Crippen LogP contribution in [-0.4, -0.2) is 41.6 Å². The zero-order valence-corrected chi connectivity index (χ0v) is 14.0. The van der Waals surface area contributed by atoms with E-state index in [1.54, 1.807) is 12.1 Å². The number of aliphatic hydroxyl groups is 1. The molecule has 2 N–H and O–H groups in total. The van der Waals surface area contributed by atoms with Gasteiger partial charge in [-0.1, -0.05) is 12.1 Å². The Bertz CT molecular complexity index is 496. The number of nitrogens with zero attached hydrogens (tertiary/aromatic N) is 1. The Morgan fingerprint density at radius 3 is 2.48 bits per heavy atom. The molecule has 5 heteroatoms. The lowest BCUT2D eigenvalue weighted by atomic mass is 9.87. The van der Waals surface area contributed by atoms with Crippen molar-refractivity contribution in [2.45, 2.75) is 45.3 Å². The number of amides is 1. The summed E-state index contributed by atoms with van der Waals surface area (Å²) in [5.74, 6) is 0.00474. The lowest BCUT2D eigenvalue weighted by molar-refractivity contribution is -0.122. The summed E-state index contributed by atoms with van der Waals surface area (Å²) in [5.41, 5.74) is 0.779. The fourth-order valence-corrected chi connectivity index (χ4v) is 3.08. The first-order valence-electron chi connectivity index (χ1n) is 8.41. The van der Waals surface area contributed by atoms with Gasteiger partial charge in [-0.3, -0.25) is 4.79 Å². The Morgan fingerprint density at radius 2 is 1.91 bits per heavy atom. The second kappa shape index (κ2) is 8.41. The Hall–Kier alpha value is -1.46. The molecule has 1 atom stereocenters. The van der Waals surface area contributed by atoms with Crippen molar-refractivity contribution in [3.63, 3.8) is 0 Å². The highest BCUT2D eigenvalue weighted by molar-refractivity contribution is 5.76. The molecule has 0 bridgehead atoms. The maximum atomic E-state index is 13.0. The van der Waals surface area contributed by atoms with E-state index in [1.807, 2.05) is 13.8 Å². The van der Waals surface area contributed by atoms with E-state index in [0.717, 1.165) is 38.0 Å². The van der Waals surface area contributed by atoms with Crippen LogP contribution >= 0.6 is 0 Å². The average Bonchev–Trinajstić information content (AvgIpc) is 2.53. The van der Waals surface area contributed by atoms with Gasteiger partial charge in [0.05, 0.1) is 6.10 Å². The molecule has 1 saturated heterocycles. The Balaban J connectivity index is 1.75. The van der Waals surface area contributed by atoms with Crippen molar-refractivity contribution < 1.29 is 14.3 Å². The molecule has 0 aromatic heterocycles. The second-order valence-electron chi connectivity index (χ2n) is 6.65. The van der Waals surface area contributed by atoms with Crippen molar-refractivity contribution in [3.05, 3.63) is 35.6 Å². The van der Waals surface area contributed by atoms with Crippen molar-refractivity contribution in [3.8, 4) is 0 Å². The van der Waals surface area contributed by atoms with E-state index < -0.39 is 6.10 Å². The number of piperidine rings is 1. The van der Waals surface area contributed by atoms with Crippen LogP contribution in [0.25, 0.3) is 0 Å². The van der Waals surface area contributed by atoms with Gasteiger partial charge in [0.15, 0.2) is 0 Å². The number of hydrogen-bond donors (Lipinski definition) is 2. The summed E-state index contributed by atoms with van der Waals surface area (Å²) in [6, 6.07) is 6.27. The number of carbonyl (C=O) groups excluding carboxylic acids is 1. The minimum Gasteiger partial charge on any atom is -0.388 e. The van der Waals surface area contributed by atoms with Crippen LogP contribution in [0.15, 0.2) is 24.3 Å². The minimum absolute atomic E-state index is 0.0912. The van der Waals surface area contributed by atoms with Gasteiger partial charge in [0, 0.05) is 19.0 Å². The van der Waals surface area contributed by atoms with Gasteiger partial charge >= 0.3 is 0 Å². The number of carbonyl (C=O) groups is 1. The zero-order chi connectivity index (χ0) is 16.8. The standard InChI is InChI=1S/C18H27FN2O2/c1-13(2)20-17(22)9-12-21-10-7-15(8-11-21)18(23)14-3-5-16(19)6-4-14/h3-6,13,15,18,23H,7-12H2,1-2H3,(H,20,22). The summed E-state index contributed by atoms with van der Waals surface area (Å²) in [5, 5.41) is 13.3. The number of halogens is 1. The molecule has 23 heavy (non-hydrogen) atoms. The van der Waals surface area contributed by atoms with E-state index in [0.29, 0.717) is 6.42 Å². The van der Waals surface area contributed by atoms with E-state index in [4.69, 9.17) is 0 Å². The summed E-state index contributed by atoms with van der Waals surface area (Å²) >= 11 is 0. The quantitative estimate of drug-likeness (QED) is 0.846. The molecular weight excluding hydrogens is 295 g/mol. The Kier molecular flexibility index (Phi) is 6.54. The highest BCUT2D eigenvalue weighted by atomic mass is 19.1. The number of likely N-dealkylation sites (tertiary alicyclic amines) is 1. The van der Waals surface area contributed by atoms with Crippen LogP contribution in [0, 0.1) is 11.7 Å². The van der Waals surface area contributed by atoms with Gasteiger partial charge in [-0.2, -0.15) is 0 Å². The van der Waals surface area contributed by atoms with E-state index in [2.05, 4.69) is 10.2 Å². The van der Waals surface area contributed by atoms with Crippen molar-refractivity contribution >= 4 is 5.91 Å². The molecule has 0 spiro atoms. The molecule has 1 aromatic rings. The molecule has 1 unspecified atom stereocenters. The predicted molar refractivity (Wildman–Crippen MR) is 88.4 cm³/mol. The maximum Gasteiger partial charge on any atom is 0.221 e. The fraction of sp³-hybridized carbons (Fsp3) is 0.611. The summed E-state index contributed by atoms with van der Waals surface area (Å²) in [6.45, 7) is 6.45. The molecule has 1 heterocycles. The van der Waals surface area contributed by atoms with Crippen LogP contribution in [0.2, 0.25) is 0 Å². The molecule has 0 radical (unpaired) electrons. The highest BCUT2D eigenvalue weighted by Gasteiger charge is 2.26. The Morgan fingerprint density at radius 1 is 1.30 bits per heavy atom. The molecule has 128 valence electrons. The molecule has 4 nitrogen and oxygen atoms in total. The number of benzene rings is 1. The first kappa shape index (κ1) is 17.9. The van der Waals surface area contributed by atoms with Crippen molar-refractivity contribution in [2.75, 3.05) is 19.6 Å². The first-order valence-corrected chi connectivity index (χ1v) is 8.41. The third-order valence-electron chi connectivity index (χ3n) is 4.40. The largest absolute Gasteiger partial charge is 0.388 e. The third-order valence-corrected chi connectivity index (χ3v) is 4.40. The molecule has 0 saturated carbocycles. The van der Waals surface area contributed by atoms with Crippen LogP contribution in [0.3, 0.4) is 0 Å². The number of aliphatic hydroxyl groups excluding tert-OH is 1. The maximum absolute atomic E-state index is 13.0. The molecular formula is C18H27FN2O2. The monoisotopic (exact) mass is 322 g/mol.